The standard InChI is InChI=1S/C17H22N2O5/c1-10(18-16(21)11-5-3-4-6-11)15(20)19-13-8-7-12(17(22)23)9-14(13)24-2/h7-11H,3-6H2,1-2H3,(H,18,21)(H,19,20)(H,22,23). The molecule has 2 amide bonds. The molecule has 0 spiro atoms. The number of rotatable bonds is 6. The van der Waals surface area contributed by atoms with E-state index in [-0.39, 0.29) is 29.0 Å². The number of hydrogen-bond acceptors (Lipinski definition) is 4. The average Bonchev–Trinajstić information content (AvgIpc) is 3.09. The summed E-state index contributed by atoms with van der Waals surface area (Å²) in [5.74, 6) is -1.32. The quantitative estimate of drug-likeness (QED) is 0.738. The van der Waals surface area contributed by atoms with Gasteiger partial charge in [-0.1, -0.05) is 12.8 Å². The molecule has 1 unspecified atom stereocenters. The molecule has 2 rings (SSSR count). The maximum absolute atomic E-state index is 12.3. The number of carbonyl (C=O) groups excluding carboxylic acids is 2. The molecule has 0 aromatic heterocycles. The van der Waals surface area contributed by atoms with Crippen LogP contribution in [0.2, 0.25) is 0 Å². The fourth-order valence-corrected chi connectivity index (χ4v) is 2.75. The zero-order valence-corrected chi connectivity index (χ0v) is 13.8. The van der Waals surface area contributed by atoms with E-state index in [1.165, 1.54) is 25.3 Å². The number of hydrogen-bond donors (Lipinski definition) is 3. The minimum absolute atomic E-state index is 0.00960. The number of nitrogens with one attached hydrogen (secondary N) is 2. The van der Waals surface area contributed by atoms with Crippen LogP contribution >= 0.6 is 0 Å². The number of ether oxygens (including phenoxy) is 1. The van der Waals surface area contributed by atoms with Gasteiger partial charge in [-0.3, -0.25) is 9.59 Å². The Morgan fingerprint density at radius 2 is 1.92 bits per heavy atom. The summed E-state index contributed by atoms with van der Waals surface area (Å²) in [6.07, 6.45) is 3.83. The molecule has 1 aromatic carbocycles. The fourth-order valence-electron chi connectivity index (χ4n) is 2.75. The van der Waals surface area contributed by atoms with E-state index < -0.39 is 12.0 Å². The van der Waals surface area contributed by atoms with E-state index in [1.807, 2.05) is 0 Å². The molecule has 1 saturated carbocycles. The Morgan fingerprint density at radius 3 is 2.50 bits per heavy atom. The highest BCUT2D eigenvalue weighted by Crippen LogP contribution is 2.26. The zero-order valence-electron chi connectivity index (χ0n) is 13.8. The van der Waals surface area contributed by atoms with E-state index in [0.29, 0.717) is 5.69 Å². The SMILES string of the molecule is COc1cc(C(=O)O)ccc1NC(=O)C(C)NC(=O)C1CCCC1. The maximum atomic E-state index is 12.3. The first kappa shape index (κ1) is 17.8. The Morgan fingerprint density at radius 1 is 1.25 bits per heavy atom. The van der Waals surface area contributed by atoms with Gasteiger partial charge in [-0.2, -0.15) is 0 Å². The summed E-state index contributed by atoms with van der Waals surface area (Å²) in [6, 6.07) is 3.48. The van der Waals surface area contributed by atoms with Crippen molar-refractivity contribution < 1.29 is 24.2 Å². The van der Waals surface area contributed by atoms with Crippen LogP contribution in [0.15, 0.2) is 18.2 Å². The van der Waals surface area contributed by atoms with Gasteiger partial charge in [0.05, 0.1) is 18.4 Å². The highest BCUT2D eigenvalue weighted by molar-refractivity contribution is 5.99. The van der Waals surface area contributed by atoms with Gasteiger partial charge in [0.25, 0.3) is 0 Å². The number of aromatic carboxylic acids is 1. The van der Waals surface area contributed by atoms with E-state index in [2.05, 4.69) is 10.6 Å². The van der Waals surface area contributed by atoms with Crippen LogP contribution in [-0.2, 0) is 9.59 Å². The van der Waals surface area contributed by atoms with Crippen LogP contribution in [0.3, 0.4) is 0 Å². The molecule has 7 nitrogen and oxygen atoms in total. The lowest BCUT2D eigenvalue weighted by atomic mass is 10.1. The molecular formula is C17H22N2O5. The topological polar surface area (TPSA) is 105 Å². The summed E-state index contributed by atoms with van der Waals surface area (Å²) in [4.78, 5) is 35.3. The highest BCUT2D eigenvalue weighted by atomic mass is 16.5. The summed E-state index contributed by atoms with van der Waals surface area (Å²) in [5.41, 5.74) is 0.418. The summed E-state index contributed by atoms with van der Waals surface area (Å²) < 4.78 is 5.11. The number of methoxy groups -OCH3 is 1. The molecule has 3 N–H and O–H groups in total. The van der Waals surface area contributed by atoms with Gasteiger partial charge in [0.2, 0.25) is 11.8 Å². The van der Waals surface area contributed by atoms with Crippen molar-refractivity contribution in [1.29, 1.82) is 0 Å². The lowest BCUT2D eigenvalue weighted by molar-refractivity contribution is -0.128. The third-order valence-corrected chi connectivity index (χ3v) is 4.18. The Bertz CT molecular complexity index is 638. The molecule has 1 aliphatic carbocycles. The van der Waals surface area contributed by atoms with Crippen LogP contribution in [0.25, 0.3) is 0 Å². The second kappa shape index (κ2) is 7.81. The van der Waals surface area contributed by atoms with E-state index in [4.69, 9.17) is 9.84 Å². The summed E-state index contributed by atoms with van der Waals surface area (Å²) in [7, 11) is 1.39. The average molecular weight is 334 g/mol. The molecule has 1 atom stereocenters. The lowest BCUT2D eigenvalue weighted by Gasteiger charge is -2.18. The Hall–Kier alpha value is -2.57. The second-order valence-corrected chi connectivity index (χ2v) is 5.92. The van der Waals surface area contributed by atoms with Crippen molar-refractivity contribution in [3.05, 3.63) is 23.8 Å². The van der Waals surface area contributed by atoms with Crippen molar-refractivity contribution >= 4 is 23.5 Å². The van der Waals surface area contributed by atoms with Crippen molar-refractivity contribution in [2.45, 2.75) is 38.6 Å². The van der Waals surface area contributed by atoms with Gasteiger partial charge in [-0.25, -0.2) is 4.79 Å². The minimum Gasteiger partial charge on any atom is -0.495 e. The number of carboxylic acid groups (broad SMARTS) is 1. The summed E-state index contributed by atoms with van der Waals surface area (Å²) in [6.45, 7) is 1.61. The molecule has 0 bridgehead atoms. The van der Waals surface area contributed by atoms with Crippen molar-refractivity contribution in [3.63, 3.8) is 0 Å². The van der Waals surface area contributed by atoms with E-state index in [0.717, 1.165) is 25.7 Å². The predicted molar refractivity (Wildman–Crippen MR) is 88.1 cm³/mol. The van der Waals surface area contributed by atoms with Gasteiger partial charge in [0.1, 0.15) is 11.8 Å². The van der Waals surface area contributed by atoms with Crippen LogP contribution in [0.1, 0.15) is 43.0 Å². The molecule has 1 fully saturated rings. The van der Waals surface area contributed by atoms with Gasteiger partial charge in [-0.15, -0.1) is 0 Å². The van der Waals surface area contributed by atoms with Crippen LogP contribution < -0.4 is 15.4 Å². The molecule has 1 aliphatic rings. The van der Waals surface area contributed by atoms with Gasteiger partial charge in [-0.05, 0) is 38.0 Å². The zero-order chi connectivity index (χ0) is 17.7. The molecule has 1 aromatic rings. The molecular weight excluding hydrogens is 312 g/mol. The smallest absolute Gasteiger partial charge is 0.335 e. The van der Waals surface area contributed by atoms with Gasteiger partial charge >= 0.3 is 5.97 Å². The lowest BCUT2D eigenvalue weighted by Crippen LogP contribution is -2.43. The van der Waals surface area contributed by atoms with Gasteiger partial charge in [0, 0.05) is 5.92 Å². The van der Waals surface area contributed by atoms with Crippen molar-refractivity contribution in [3.8, 4) is 5.75 Å². The first-order chi connectivity index (χ1) is 11.4. The molecule has 24 heavy (non-hydrogen) atoms. The van der Waals surface area contributed by atoms with Gasteiger partial charge in [0.15, 0.2) is 0 Å². The van der Waals surface area contributed by atoms with Crippen LogP contribution in [0.5, 0.6) is 5.75 Å². The normalized spacial score (nSPS) is 15.6. The number of carbonyl (C=O) groups is 3. The first-order valence-electron chi connectivity index (χ1n) is 7.95. The molecule has 0 saturated heterocycles. The van der Waals surface area contributed by atoms with Gasteiger partial charge < -0.3 is 20.5 Å². The second-order valence-electron chi connectivity index (χ2n) is 5.92. The largest absolute Gasteiger partial charge is 0.495 e. The molecule has 7 heteroatoms. The Kier molecular flexibility index (Phi) is 5.78. The van der Waals surface area contributed by atoms with Crippen LogP contribution in [-0.4, -0.2) is 36.0 Å². The number of amides is 2. The molecule has 0 aliphatic heterocycles. The third kappa shape index (κ3) is 4.24. The minimum atomic E-state index is -1.08. The molecule has 0 heterocycles. The third-order valence-electron chi connectivity index (χ3n) is 4.18. The van der Waals surface area contributed by atoms with E-state index >= 15 is 0 Å². The summed E-state index contributed by atoms with van der Waals surface area (Å²) in [5, 5.41) is 14.4. The Balaban J connectivity index is 2.00. The van der Waals surface area contributed by atoms with E-state index in [9.17, 15) is 14.4 Å². The predicted octanol–water partition coefficient (Wildman–Crippen LogP) is 2.03. The maximum Gasteiger partial charge on any atom is 0.335 e. The van der Waals surface area contributed by atoms with Crippen molar-refractivity contribution in [2.24, 2.45) is 5.92 Å². The van der Waals surface area contributed by atoms with Crippen molar-refractivity contribution in [1.82, 2.24) is 5.32 Å². The van der Waals surface area contributed by atoms with Crippen LogP contribution in [0, 0.1) is 5.92 Å². The number of carboxylic acids is 1. The van der Waals surface area contributed by atoms with Crippen LogP contribution in [0.4, 0.5) is 5.69 Å². The first-order valence-corrected chi connectivity index (χ1v) is 7.95. The number of benzene rings is 1. The fraction of sp³-hybridized carbons (Fsp3) is 0.471. The Labute approximate surface area is 140 Å². The number of anilines is 1. The summed E-state index contributed by atoms with van der Waals surface area (Å²) >= 11 is 0. The van der Waals surface area contributed by atoms with Crippen molar-refractivity contribution in [2.75, 3.05) is 12.4 Å². The highest BCUT2D eigenvalue weighted by Gasteiger charge is 2.25. The monoisotopic (exact) mass is 334 g/mol. The molecule has 130 valence electrons. The molecule has 0 radical (unpaired) electrons. The van der Waals surface area contributed by atoms with E-state index in [1.54, 1.807) is 6.92 Å².